The first-order valence-corrected chi connectivity index (χ1v) is 15.0. The molecule has 0 aromatic heterocycles. The van der Waals surface area contributed by atoms with Gasteiger partial charge in [0.2, 0.25) is 0 Å². The van der Waals surface area contributed by atoms with Crippen molar-refractivity contribution in [2.24, 2.45) is 0 Å². The predicted molar refractivity (Wildman–Crippen MR) is 176 cm³/mol. The van der Waals surface area contributed by atoms with Crippen LogP contribution in [0.1, 0.15) is 34.6 Å². The Hall–Kier alpha value is -4.96. The van der Waals surface area contributed by atoms with Crippen LogP contribution in [-0.2, 0) is 6.42 Å². The second-order valence-electron chi connectivity index (χ2n) is 12.1. The van der Waals surface area contributed by atoms with Gasteiger partial charge in [0.15, 0.2) is 18.8 Å². The van der Waals surface area contributed by atoms with Crippen LogP contribution in [0.2, 0.25) is 0 Å². The van der Waals surface area contributed by atoms with Crippen molar-refractivity contribution in [3.63, 3.8) is 0 Å². The second-order valence-corrected chi connectivity index (χ2v) is 12.1. The Morgan fingerprint density at radius 1 is 0.857 bits per heavy atom. The van der Waals surface area contributed by atoms with Gasteiger partial charge in [-0.05, 0) is 81.7 Å². The van der Waals surface area contributed by atoms with Gasteiger partial charge in [0.1, 0.15) is 0 Å². The van der Waals surface area contributed by atoms with Gasteiger partial charge in [-0.15, -0.1) is 0 Å². The lowest BCUT2D eigenvalue weighted by Crippen LogP contribution is -2.44. The summed E-state index contributed by atoms with van der Waals surface area (Å²) in [5, 5.41) is 6.57. The number of rotatable bonds is 1. The first-order chi connectivity index (χ1) is 20.8. The van der Waals surface area contributed by atoms with Gasteiger partial charge in [0, 0.05) is 22.9 Å². The van der Waals surface area contributed by atoms with E-state index in [4.69, 9.17) is 4.74 Å². The smallest absolute Gasteiger partial charge is 0.198 e. The molecule has 3 heterocycles. The molecular formula is C38H27BN2O. The zero-order valence-corrected chi connectivity index (χ0v) is 23.1. The van der Waals surface area contributed by atoms with Crippen LogP contribution in [0.3, 0.4) is 0 Å². The number of hydrogen-bond acceptors (Lipinski definition) is 3. The highest BCUT2D eigenvalue weighted by molar-refractivity contribution is 6.73. The third-order valence-corrected chi connectivity index (χ3v) is 9.81. The molecule has 5 aromatic rings. The van der Waals surface area contributed by atoms with E-state index in [1.54, 1.807) is 0 Å². The highest BCUT2D eigenvalue weighted by Gasteiger charge is 2.40. The summed E-state index contributed by atoms with van der Waals surface area (Å²) in [5.41, 5.74) is 14.6. The quantitative estimate of drug-likeness (QED) is 0.218. The number of nitrogens with zero attached hydrogens (tertiary/aromatic N) is 1. The zero-order valence-electron chi connectivity index (χ0n) is 23.1. The summed E-state index contributed by atoms with van der Waals surface area (Å²) in [5.74, 6) is 2.16. The molecule has 2 aliphatic carbocycles. The van der Waals surface area contributed by atoms with Crippen molar-refractivity contribution in [3.8, 4) is 11.5 Å². The van der Waals surface area contributed by atoms with Crippen LogP contribution in [0, 0.1) is 0 Å². The first kappa shape index (κ1) is 22.7. The number of anilines is 4. The maximum atomic E-state index is 6.46. The number of aryl methyl sites for hydroxylation is 1. The molecule has 0 radical (unpaired) electrons. The van der Waals surface area contributed by atoms with Crippen LogP contribution in [-0.4, -0.2) is 13.3 Å². The van der Waals surface area contributed by atoms with Crippen molar-refractivity contribution < 1.29 is 4.74 Å². The van der Waals surface area contributed by atoms with Crippen molar-refractivity contribution in [1.82, 2.24) is 0 Å². The lowest BCUT2D eigenvalue weighted by Gasteiger charge is -2.41. The van der Waals surface area contributed by atoms with Crippen molar-refractivity contribution in [2.45, 2.75) is 24.8 Å². The van der Waals surface area contributed by atoms with Gasteiger partial charge in [-0.1, -0.05) is 90.4 Å². The third kappa shape index (κ3) is 3.02. The Bertz CT molecular complexity index is 2100. The van der Waals surface area contributed by atoms with Gasteiger partial charge >= 0.3 is 0 Å². The molecule has 2 unspecified atom stereocenters. The monoisotopic (exact) mass is 538 g/mol. The molecule has 198 valence electrons. The second kappa shape index (κ2) is 8.30. The maximum absolute atomic E-state index is 6.46. The molecule has 0 saturated carbocycles. The molecular weight excluding hydrogens is 511 g/mol. The van der Waals surface area contributed by atoms with Gasteiger partial charge in [-0.3, -0.25) is 0 Å². The molecule has 3 aliphatic heterocycles. The molecule has 4 heteroatoms. The normalized spacial score (nSPS) is 19.7. The third-order valence-electron chi connectivity index (χ3n) is 9.81. The summed E-state index contributed by atoms with van der Waals surface area (Å²) in [6, 6.07) is 31.2. The van der Waals surface area contributed by atoms with Crippen LogP contribution in [0.4, 0.5) is 22.7 Å². The van der Waals surface area contributed by atoms with E-state index in [2.05, 4.69) is 126 Å². The molecule has 0 amide bonds. The number of fused-ring (bicyclic) bond motifs is 10. The number of ether oxygens (including phenoxy) is 1. The Balaban J connectivity index is 1.20. The number of allylic oxidation sites excluding steroid dienone is 3. The fourth-order valence-corrected chi connectivity index (χ4v) is 7.96. The minimum Gasteiger partial charge on any atom is -0.453 e. The summed E-state index contributed by atoms with van der Waals surface area (Å²) in [7, 11) is 0.881. The zero-order chi connectivity index (χ0) is 27.4. The van der Waals surface area contributed by atoms with Gasteiger partial charge in [-0.25, -0.2) is 0 Å². The Kier molecular flexibility index (Phi) is 4.48. The summed E-state index contributed by atoms with van der Waals surface area (Å²) in [4.78, 5) is 2.50. The van der Waals surface area contributed by atoms with Crippen LogP contribution in [0.5, 0.6) is 11.5 Å². The maximum Gasteiger partial charge on any atom is 0.198 e. The molecule has 2 atom stereocenters. The topological polar surface area (TPSA) is 24.5 Å². The molecule has 3 nitrogen and oxygen atoms in total. The number of hydrogen-bond donors (Lipinski definition) is 1. The Morgan fingerprint density at radius 3 is 2.67 bits per heavy atom. The largest absolute Gasteiger partial charge is 0.453 e. The number of benzene rings is 5. The number of para-hydroxylation sites is 3. The average Bonchev–Trinajstić information content (AvgIpc) is 3.40. The molecule has 5 aliphatic rings. The van der Waals surface area contributed by atoms with Crippen molar-refractivity contribution in [3.05, 3.63) is 131 Å². The van der Waals surface area contributed by atoms with Gasteiger partial charge in [0.25, 0.3) is 0 Å². The highest BCUT2D eigenvalue weighted by atomic mass is 16.5. The molecule has 0 bridgehead atoms. The van der Waals surface area contributed by atoms with Crippen molar-refractivity contribution in [1.29, 1.82) is 0 Å². The minimum atomic E-state index is 0.202. The summed E-state index contributed by atoms with van der Waals surface area (Å²) >= 11 is 0. The van der Waals surface area contributed by atoms with Gasteiger partial charge in [0.05, 0.1) is 17.4 Å². The molecule has 0 saturated heterocycles. The molecule has 10 rings (SSSR count). The van der Waals surface area contributed by atoms with Crippen LogP contribution < -0.4 is 25.9 Å². The lowest BCUT2D eigenvalue weighted by atomic mass is 9.56. The minimum absolute atomic E-state index is 0.202. The van der Waals surface area contributed by atoms with E-state index in [0.29, 0.717) is 5.92 Å². The average molecular weight is 538 g/mol. The van der Waals surface area contributed by atoms with E-state index in [9.17, 15) is 0 Å². The SMILES string of the molecule is B1c2cccc3c2N(c2ccccc2O3)c2c1c(C1=CC=CC3c4cc5ccccc5cc4NC13)cc1c2C=CCC1. The standard InChI is InChI=1S/C38H27BN2O/c1-2-10-23-21-31-28(19-22(23)9-1)26-13-7-14-27(36(26)40-31)29-20-24-11-3-4-12-25(24)37-35(29)39-30-15-8-18-34-38(30)41(37)32-16-5-6-17-33(32)42-34/h1-2,4-10,12-21,26,36,39-40H,3,11H2. The van der Waals surface area contributed by atoms with Crippen LogP contribution in [0.15, 0.2) is 109 Å². The van der Waals surface area contributed by atoms with E-state index in [1.807, 2.05) is 0 Å². The van der Waals surface area contributed by atoms with E-state index < -0.39 is 0 Å². The Labute approximate surface area is 245 Å². The lowest BCUT2D eigenvalue weighted by molar-refractivity contribution is 0.477. The predicted octanol–water partition coefficient (Wildman–Crippen LogP) is 7.61. The van der Waals surface area contributed by atoms with E-state index >= 15 is 0 Å². The summed E-state index contributed by atoms with van der Waals surface area (Å²) < 4.78 is 6.46. The molecule has 0 spiro atoms. The van der Waals surface area contributed by atoms with Gasteiger partial charge in [-0.2, -0.15) is 0 Å². The summed E-state index contributed by atoms with van der Waals surface area (Å²) in [6.45, 7) is 0. The van der Waals surface area contributed by atoms with E-state index in [0.717, 1.165) is 37.3 Å². The van der Waals surface area contributed by atoms with E-state index in [1.165, 1.54) is 66.6 Å². The summed E-state index contributed by atoms with van der Waals surface area (Å²) in [6.07, 6.45) is 13.9. The van der Waals surface area contributed by atoms with E-state index in [-0.39, 0.29) is 6.04 Å². The van der Waals surface area contributed by atoms with Crippen LogP contribution in [0.25, 0.3) is 22.4 Å². The van der Waals surface area contributed by atoms with Gasteiger partial charge < -0.3 is 15.0 Å². The Morgan fingerprint density at radius 2 is 1.71 bits per heavy atom. The fourth-order valence-electron chi connectivity index (χ4n) is 7.96. The molecule has 1 N–H and O–H groups in total. The van der Waals surface area contributed by atoms with Crippen molar-refractivity contribution >= 4 is 63.4 Å². The molecule has 5 aromatic carbocycles. The number of nitrogens with one attached hydrogen (secondary N) is 1. The van der Waals surface area contributed by atoms with Crippen molar-refractivity contribution in [2.75, 3.05) is 10.2 Å². The van der Waals surface area contributed by atoms with Crippen LogP contribution >= 0.6 is 0 Å². The molecule has 42 heavy (non-hydrogen) atoms. The highest BCUT2D eigenvalue weighted by Crippen LogP contribution is 2.53. The first-order valence-electron chi connectivity index (χ1n) is 15.0. The molecule has 0 fully saturated rings. The fraction of sp³-hybridized carbons (Fsp3) is 0.105.